The van der Waals surface area contributed by atoms with Gasteiger partial charge in [0.2, 0.25) is 0 Å². The number of rotatable bonds is 4. The van der Waals surface area contributed by atoms with Crippen molar-refractivity contribution in [3.05, 3.63) is 42.5 Å². The highest BCUT2D eigenvalue weighted by Gasteiger charge is 2.31. The van der Waals surface area contributed by atoms with E-state index in [-0.39, 0.29) is 18.5 Å². The largest absolute Gasteiger partial charge is 0.481 e. The Morgan fingerprint density at radius 1 is 1.32 bits per heavy atom. The van der Waals surface area contributed by atoms with Crippen molar-refractivity contribution in [2.24, 2.45) is 11.8 Å². The molecule has 2 unspecified atom stereocenters. The van der Waals surface area contributed by atoms with E-state index in [9.17, 15) is 9.59 Å². The molecule has 2 amide bonds. The SMILES string of the molecule is C=C(CNC(=O)N1CC(C)CC(C(=O)O)C1)c1ccccc1. The zero-order chi connectivity index (χ0) is 16.1. The molecule has 22 heavy (non-hydrogen) atoms. The number of piperidine rings is 1. The molecule has 2 atom stereocenters. The predicted octanol–water partition coefficient (Wildman–Crippen LogP) is 2.45. The summed E-state index contributed by atoms with van der Waals surface area (Å²) in [5, 5.41) is 12.0. The van der Waals surface area contributed by atoms with Gasteiger partial charge in [-0.05, 0) is 23.5 Å². The lowest BCUT2D eigenvalue weighted by atomic mass is 9.91. The Morgan fingerprint density at radius 3 is 2.64 bits per heavy atom. The van der Waals surface area contributed by atoms with Crippen molar-refractivity contribution >= 4 is 17.6 Å². The maximum atomic E-state index is 12.2. The van der Waals surface area contributed by atoms with Gasteiger partial charge in [0.1, 0.15) is 0 Å². The van der Waals surface area contributed by atoms with E-state index >= 15 is 0 Å². The highest BCUT2D eigenvalue weighted by atomic mass is 16.4. The third kappa shape index (κ3) is 4.10. The summed E-state index contributed by atoms with van der Waals surface area (Å²) in [7, 11) is 0. The molecule has 118 valence electrons. The number of hydrogen-bond donors (Lipinski definition) is 2. The number of aliphatic carboxylic acids is 1. The van der Waals surface area contributed by atoms with Crippen LogP contribution in [0.5, 0.6) is 0 Å². The molecule has 1 saturated heterocycles. The van der Waals surface area contributed by atoms with Crippen LogP contribution in [0.3, 0.4) is 0 Å². The van der Waals surface area contributed by atoms with Crippen LogP contribution in [0.15, 0.2) is 36.9 Å². The summed E-state index contributed by atoms with van der Waals surface area (Å²) in [5.41, 5.74) is 1.81. The summed E-state index contributed by atoms with van der Waals surface area (Å²) in [6, 6.07) is 9.43. The van der Waals surface area contributed by atoms with Crippen molar-refractivity contribution in [2.45, 2.75) is 13.3 Å². The lowest BCUT2D eigenvalue weighted by molar-refractivity contribution is -0.143. The van der Waals surface area contributed by atoms with E-state index < -0.39 is 11.9 Å². The van der Waals surface area contributed by atoms with Gasteiger partial charge in [-0.2, -0.15) is 0 Å². The van der Waals surface area contributed by atoms with Crippen LogP contribution >= 0.6 is 0 Å². The number of carboxylic acid groups (broad SMARTS) is 1. The Morgan fingerprint density at radius 2 is 2.00 bits per heavy atom. The number of hydrogen-bond acceptors (Lipinski definition) is 2. The van der Waals surface area contributed by atoms with Crippen molar-refractivity contribution in [1.82, 2.24) is 10.2 Å². The molecule has 2 N–H and O–H groups in total. The first-order valence-corrected chi connectivity index (χ1v) is 7.46. The summed E-state index contributed by atoms with van der Waals surface area (Å²) >= 11 is 0. The fourth-order valence-corrected chi connectivity index (χ4v) is 2.77. The number of carbonyl (C=O) groups excluding carboxylic acids is 1. The number of benzene rings is 1. The molecular weight excluding hydrogens is 280 g/mol. The average Bonchev–Trinajstić information content (AvgIpc) is 2.52. The minimum Gasteiger partial charge on any atom is -0.481 e. The van der Waals surface area contributed by atoms with Gasteiger partial charge in [0.15, 0.2) is 0 Å². The standard InChI is InChI=1S/C17H22N2O3/c1-12-8-15(16(20)21)11-19(10-12)17(22)18-9-13(2)14-6-4-3-5-7-14/h3-7,12,15H,2,8-11H2,1H3,(H,18,22)(H,20,21). The van der Waals surface area contributed by atoms with Gasteiger partial charge in [-0.3, -0.25) is 4.79 Å². The minimum absolute atomic E-state index is 0.193. The maximum absolute atomic E-state index is 12.2. The Labute approximate surface area is 130 Å². The number of likely N-dealkylation sites (tertiary alicyclic amines) is 1. The Bertz CT molecular complexity index is 556. The smallest absolute Gasteiger partial charge is 0.317 e. The van der Waals surface area contributed by atoms with Crippen molar-refractivity contribution in [3.8, 4) is 0 Å². The monoisotopic (exact) mass is 302 g/mol. The van der Waals surface area contributed by atoms with Crippen LogP contribution in [0.2, 0.25) is 0 Å². The van der Waals surface area contributed by atoms with E-state index in [1.54, 1.807) is 4.90 Å². The van der Waals surface area contributed by atoms with E-state index in [4.69, 9.17) is 5.11 Å². The Balaban J connectivity index is 1.89. The quantitative estimate of drug-likeness (QED) is 0.897. The van der Waals surface area contributed by atoms with Crippen LogP contribution in [0.4, 0.5) is 4.79 Å². The third-order valence-corrected chi connectivity index (χ3v) is 3.93. The van der Waals surface area contributed by atoms with Gasteiger partial charge in [-0.15, -0.1) is 0 Å². The molecule has 1 aromatic carbocycles. The summed E-state index contributed by atoms with van der Waals surface area (Å²) in [5.74, 6) is -1.12. The van der Waals surface area contributed by atoms with Crippen LogP contribution in [0.25, 0.3) is 5.57 Å². The second-order valence-corrected chi connectivity index (χ2v) is 5.91. The third-order valence-electron chi connectivity index (χ3n) is 3.93. The van der Waals surface area contributed by atoms with Gasteiger partial charge < -0.3 is 15.3 Å². The summed E-state index contributed by atoms with van der Waals surface area (Å²) in [4.78, 5) is 25.0. The number of carbonyl (C=O) groups is 2. The lowest BCUT2D eigenvalue weighted by Crippen LogP contribution is -2.49. The van der Waals surface area contributed by atoms with Crippen LogP contribution in [0.1, 0.15) is 18.9 Å². The zero-order valence-electron chi connectivity index (χ0n) is 12.8. The van der Waals surface area contributed by atoms with Gasteiger partial charge in [0.05, 0.1) is 5.92 Å². The summed E-state index contributed by atoms with van der Waals surface area (Å²) in [6.45, 7) is 7.15. The van der Waals surface area contributed by atoms with E-state index in [1.165, 1.54) is 0 Å². The van der Waals surface area contributed by atoms with Gasteiger partial charge in [0, 0.05) is 19.6 Å². The van der Waals surface area contributed by atoms with Gasteiger partial charge in [-0.25, -0.2) is 4.79 Å². The Kier molecular flexibility index (Phi) is 5.20. The molecule has 0 aromatic heterocycles. The van der Waals surface area contributed by atoms with E-state index in [1.807, 2.05) is 37.3 Å². The fraction of sp³-hybridized carbons (Fsp3) is 0.412. The molecule has 1 aliphatic rings. The van der Waals surface area contributed by atoms with Crippen LogP contribution < -0.4 is 5.32 Å². The van der Waals surface area contributed by atoms with Gasteiger partial charge >= 0.3 is 12.0 Å². The molecule has 0 radical (unpaired) electrons. The number of nitrogens with one attached hydrogen (secondary N) is 1. The van der Waals surface area contributed by atoms with Gasteiger partial charge in [0.25, 0.3) is 0 Å². The summed E-state index contributed by atoms with van der Waals surface area (Å²) < 4.78 is 0. The molecule has 5 nitrogen and oxygen atoms in total. The molecular formula is C17H22N2O3. The topological polar surface area (TPSA) is 69.6 Å². The van der Waals surface area contributed by atoms with Crippen LogP contribution in [-0.2, 0) is 4.79 Å². The second kappa shape index (κ2) is 7.11. The van der Waals surface area contributed by atoms with Gasteiger partial charge in [-0.1, -0.05) is 43.8 Å². The Hall–Kier alpha value is -2.30. The first kappa shape index (κ1) is 16.1. The molecule has 5 heteroatoms. The molecule has 1 aliphatic heterocycles. The van der Waals surface area contributed by atoms with E-state index in [2.05, 4.69) is 11.9 Å². The van der Waals surface area contributed by atoms with Crippen LogP contribution in [-0.4, -0.2) is 41.6 Å². The molecule has 1 aromatic rings. The van der Waals surface area contributed by atoms with E-state index in [0.717, 1.165) is 11.1 Å². The molecule has 0 bridgehead atoms. The first-order valence-electron chi connectivity index (χ1n) is 7.46. The summed E-state index contributed by atoms with van der Waals surface area (Å²) in [6.07, 6.45) is 0.621. The normalized spacial score (nSPS) is 21.2. The molecule has 1 heterocycles. The number of nitrogens with zero attached hydrogens (tertiary/aromatic N) is 1. The van der Waals surface area contributed by atoms with E-state index in [0.29, 0.717) is 19.5 Å². The average molecular weight is 302 g/mol. The highest BCUT2D eigenvalue weighted by Crippen LogP contribution is 2.21. The number of urea groups is 1. The van der Waals surface area contributed by atoms with Crippen LogP contribution in [0, 0.1) is 11.8 Å². The molecule has 0 aliphatic carbocycles. The molecule has 2 rings (SSSR count). The van der Waals surface area contributed by atoms with Crippen molar-refractivity contribution in [1.29, 1.82) is 0 Å². The predicted molar refractivity (Wildman–Crippen MR) is 85.4 cm³/mol. The highest BCUT2D eigenvalue weighted by molar-refractivity contribution is 5.78. The molecule has 0 saturated carbocycles. The van der Waals surface area contributed by atoms with Crippen molar-refractivity contribution < 1.29 is 14.7 Å². The second-order valence-electron chi connectivity index (χ2n) is 5.91. The molecule has 1 fully saturated rings. The maximum Gasteiger partial charge on any atom is 0.317 e. The number of carboxylic acids is 1. The minimum atomic E-state index is -0.835. The van der Waals surface area contributed by atoms with Crippen molar-refractivity contribution in [2.75, 3.05) is 19.6 Å². The van der Waals surface area contributed by atoms with Crippen molar-refractivity contribution in [3.63, 3.8) is 0 Å². The first-order chi connectivity index (χ1) is 10.5. The molecule has 0 spiro atoms. The zero-order valence-corrected chi connectivity index (χ0v) is 12.8. The lowest BCUT2D eigenvalue weighted by Gasteiger charge is -2.34. The fourth-order valence-electron chi connectivity index (χ4n) is 2.77. The number of amides is 2.